The van der Waals surface area contributed by atoms with E-state index in [4.69, 9.17) is 37.0 Å². The Morgan fingerprint density at radius 3 is 0.768 bits per heavy atom. The molecule has 0 aromatic rings. The lowest BCUT2D eigenvalue weighted by Crippen LogP contribution is -2.30. The van der Waals surface area contributed by atoms with Crippen LogP contribution in [-0.2, 0) is 65.4 Å². The summed E-state index contributed by atoms with van der Waals surface area (Å²) in [6.45, 7) is 12.0. The molecular formula is C80H156O17P2. The van der Waals surface area contributed by atoms with Gasteiger partial charge in [0.15, 0.2) is 12.2 Å². The van der Waals surface area contributed by atoms with E-state index >= 15 is 0 Å². The van der Waals surface area contributed by atoms with Gasteiger partial charge < -0.3 is 33.8 Å². The minimum Gasteiger partial charge on any atom is -0.462 e. The van der Waals surface area contributed by atoms with Crippen molar-refractivity contribution in [1.29, 1.82) is 0 Å². The number of hydrogen-bond donors (Lipinski definition) is 3. The second-order valence-corrected chi connectivity index (χ2v) is 32.7. The molecule has 0 spiro atoms. The number of carbonyl (C=O) groups excluding carboxylic acids is 4. The van der Waals surface area contributed by atoms with E-state index in [1.54, 1.807) is 0 Å². The second kappa shape index (κ2) is 70.4. The molecule has 0 saturated carbocycles. The Balaban J connectivity index is 5.26. The smallest absolute Gasteiger partial charge is 0.462 e. The van der Waals surface area contributed by atoms with Crippen molar-refractivity contribution in [3.05, 3.63) is 0 Å². The number of esters is 4. The van der Waals surface area contributed by atoms with Gasteiger partial charge in [0.25, 0.3) is 0 Å². The molecule has 0 radical (unpaired) electrons. The third-order valence-electron chi connectivity index (χ3n) is 19.4. The maximum absolute atomic E-state index is 13.1. The first-order valence-corrected chi connectivity index (χ1v) is 44.4. The molecule has 0 aliphatic rings. The zero-order valence-electron chi connectivity index (χ0n) is 65.0. The first kappa shape index (κ1) is 97.1. The van der Waals surface area contributed by atoms with E-state index in [0.717, 1.165) is 108 Å². The Kier molecular flexibility index (Phi) is 69.0. The number of ether oxygens (including phenoxy) is 4. The van der Waals surface area contributed by atoms with E-state index in [9.17, 15) is 43.2 Å². The van der Waals surface area contributed by atoms with Crippen molar-refractivity contribution in [2.45, 2.75) is 433 Å². The molecule has 0 fully saturated rings. The normalized spacial score (nSPS) is 14.5. The highest BCUT2D eigenvalue weighted by Gasteiger charge is 2.30. The number of unbranched alkanes of at least 4 members (excludes halogenated alkanes) is 44. The van der Waals surface area contributed by atoms with Crippen molar-refractivity contribution in [2.75, 3.05) is 39.6 Å². The average Bonchev–Trinajstić information content (AvgIpc) is 0.939. The quantitative estimate of drug-likeness (QED) is 0.0222. The van der Waals surface area contributed by atoms with Crippen LogP contribution in [-0.4, -0.2) is 96.7 Å². The molecule has 0 aliphatic carbocycles. The van der Waals surface area contributed by atoms with E-state index in [2.05, 4.69) is 48.5 Å². The van der Waals surface area contributed by atoms with Crippen molar-refractivity contribution >= 4 is 39.5 Å². The van der Waals surface area contributed by atoms with Crippen LogP contribution in [0, 0.1) is 17.8 Å². The fourth-order valence-corrected chi connectivity index (χ4v) is 13.8. The van der Waals surface area contributed by atoms with Gasteiger partial charge in [-0.15, -0.1) is 0 Å². The van der Waals surface area contributed by atoms with Crippen LogP contribution in [0.25, 0.3) is 0 Å². The third kappa shape index (κ3) is 71.5. The SMILES string of the molecule is CCCCCCCCCCCCCCCCCCC(=O)OC[C@H](COP(=O)(O)OC[C@@H](O)COP(=O)(O)OC[C@@H](COC(=O)CCCCCCCCCCC(C)CC)OC(=O)CCCCCCCCCCC(C)CC)OC(=O)CCCCCCCCCCCCCCCCCCC(C)C. The van der Waals surface area contributed by atoms with Crippen LogP contribution in [0.15, 0.2) is 0 Å². The first-order chi connectivity index (χ1) is 47.8. The fourth-order valence-electron chi connectivity index (χ4n) is 12.2. The summed E-state index contributed by atoms with van der Waals surface area (Å²) in [6, 6.07) is 0. The van der Waals surface area contributed by atoms with Gasteiger partial charge in [0.2, 0.25) is 0 Å². The molecule has 0 saturated heterocycles. The van der Waals surface area contributed by atoms with Gasteiger partial charge in [-0.3, -0.25) is 37.3 Å². The summed E-state index contributed by atoms with van der Waals surface area (Å²) in [4.78, 5) is 73.0. The van der Waals surface area contributed by atoms with Gasteiger partial charge in [-0.2, -0.15) is 0 Å². The molecule has 0 aromatic carbocycles. The minimum atomic E-state index is -4.96. The highest BCUT2D eigenvalue weighted by atomic mass is 31.2. The highest BCUT2D eigenvalue weighted by molar-refractivity contribution is 7.47. The van der Waals surface area contributed by atoms with Gasteiger partial charge in [0, 0.05) is 25.7 Å². The van der Waals surface area contributed by atoms with Crippen LogP contribution >= 0.6 is 15.6 Å². The maximum Gasteiger partial charge on any atom is 0.472 e. The van der Waals surface area contributed by atoms with Crippen LogP contribution in [0.5, 0.6) is 0 Å². The summed E-state index contributed by atoms with van der Waals surface area (Å²) in [5.74, 6) is 0.243. The molecular weight excluding hydrogens is 1290 g/mol. The topological polar surface area (TPSA) is 237 Å². The molecule has 4 unspecified atom stereocenters. The molecule has 3 N–H and O–H groups in total. The highest BCUT2D eigenvalue weighted by Crippen LogP contribution is 2.45. The lowest BCUT2D eigenvalue weighted by molar-refractivity contribution is -0.161. The van der Waals surface area contributed by atoms with E-state index < -0.39 is 97.5 Å². The number of aliphatic hydroxyl groups is 1. The molecule has 19 heteroatoms. The van der Waals surface area contributed by atoms with Crippen molar-refractivity contribution in [3.8, 4) is 0 Å². The van der Waals surface area contributed by atoms with Crippen LogP contribution < -0.4 is 0 Å². The van der Waals surface area contributed by atoms with Crippen molar-refractivity contribution in [2.24, 2.45) is 17.8 Å². The van der Waals surface area contributed by atoms with Crippen molar-refractivity contribution in [3.63, 3.8) is 0 Å². The predicted octanol–water partition coefficient (Wildman–Crippen LogP) is 23.7. The number of carbonyl (C=O) groups is 4. The van der Waals surface area contributed by atoms with E-state index in [-0.39, 0.29) is 25.7 Å². The monoisotopic (exact) mass is 1450 g/mol. The van der Waals surface area contributed by atoms with Crippen LogP contribution in [0.1, 0.15) is 414 Å². The zero-order valence-corrected chi connectivity index (χ0v) is 66.8. The summed E-state index contributed by atoms with van der Waals surface area (Å²) < 4.78 is 68.7. The molecule has 0 heterocycles. The fraction of sp³-hybridized carbons (Fsp3) is 0.950. The molecule has 0 bridgehead atoms. The summed E-state index contributed by atoms with van der Waals surface area (Å²) in [5, 5.41) is 10.6. The Morgan fingerprint density at radius 1 is 0.293 bits per heavy atom. The van der Waals surface area contributed by atoms with Gasteiger partial charge in [-0.05, 0) is 43.4 Å². The summed E-state index contributed by atoms with van der Waals surface area (Å²) in [6.07, 6.45) is 58.1. The lowest BCUT2D eigenvalue weighted by Gasteiger charge is -2.21. The number of rotatable bonds is 78. The van der Waals surface area contributed by atoms with Crippen LogP contribution in [0.4, 0.5) is 0 Å². The Labute approximate surface area is 607 Å². The van der Waals surface area contributed by atoms with Gasteiger partial charge in [0.05, 0.1) is 26.4 Å². The molecule has 0 rings (SSSR count). The van der Waals surface area contributed by atoms with Gasteiger partial charge in [-0.1, -0.05) is 363 Å². The molecule has 0 aliphatic heterocycles. The lowest BCUT2D eigenvalue weighted by atomic mass is 9.99. The number of phosphoric acid groups is 2. The molecule has 0 aromatic heterocycles. The Hall–Kier alpha value is -1.94. The van der Waals surface area contributed by atoms with E-state index in [1.165, 1.54) is 225 Å². The Bertz CT molecular complexity index is 1930. The average molecular weight is 1450 g/mol. The molecule has 588 valence electrons. The Morgan fingerprint density at radius 2 is 0.515 bits per heavy atom. The minimum absolute atomic E-state index is 0.105. The van der Waals surface area contributed by atoms with Crippen molar-refractivity contribution < 1.29 is 80.2 Å². The largest absolute Gasteiger partial charge is 0.472 e. The second-order valence-electron chi connectivity index (χ2n) is 29.8. The van der Waals surface area contributed by atoms with Crippen molar-refractivity contribution in [1.82, 2.24) is 0 Å². The predicted molar refractivity (Wildman–Crippen MR) is 405 cm³/mol. The maximum atomic E-state index is 13.1. The number of phosphoric ester groups is 2. The zero-order chi connectivity index (χ0) is 73.0. The molecule has 17 nitrogen and oxygen atoms in total. The van der Waals surface area contributed by atoms with Crippen LogP contribution in [0.2, 0.25) is 0 Å². The first-order valence-electron chi connectivity index (χ1n) is 41.4. The van der Waals surface area contributed by atoms with Gasteiger partial charge in [0.1, 0.15) is 19.3 Å². The van der Waals surface area contributed by atoms with Gasteiger partial charge >= 0.3 is 39.5 Å². The molecule has 99 heavy (non-hydrogen) atoms. The third-order valence-corrected chi connectivity index (χ3v) is 21.3. The van der Waals surface area contributed by atoms with Gasteiger partial charge in [-0.25, -0.2) is 9.13 Å². The molecule has 7 atom stereocenters. The summed E-state index contributed by atoms with van der Waals surface area (Å²) >= 11 is 0. The number of aliphatic hydroxyl groups excluding tert-OH is 1. The standard InChI is InChI=1S/C80H156O17P2/c1-8-11-12-13-14-15-16-17-18-22-25-28-31-40-47-54-61-77(82)90-67-75(96-79(84)63-56-49-42-32-29-26-23-20-19-21-24-27-30-37-44-51-58-71(4)5)69-94-98(86,87)92-65-74(81)66-93-99(88,89)95-70-76(97-80(85)64-57-50-43-36-34-39-46-53-60-73(7)10-3)68-91-78(83)62-55-48-41-35-33-38-45-52-59-72(6)9-2/h71-76,81H,8-70H2,1-7H3,(H,86,87)(H,88,89)/t72?,73?,74-,75-,76-/m1/s1. The summed E-state index contributed by atoms with van der Waals surface area (Å²) in [5.41, 5.74) is 0. The van der Waals surface area contributed by atoms with E-state index in [0.29, 0.717) is 25.7 Å². The van der Waals surface area contributed by atoms with Crippen LogP contribution in [0.3, 0.4) is 0 Å². The number of hydrogen-bond acceptors (Lipinski definition) is 15. The molecule has 0 amide bonds. The van der Waals surface area contributed by atoms with E-state index in [1.807, 2.05) is 0 Å². The summed E-state index contributed by atoms with van der Waals surface area (Å²) in [7, 11) is -9.92.